The van der Waals surface area contributed by atoms with Crippen LogP contribution in [0.15, 0.2) is 55.0 Å². The lowest BCUT2D eigenvalue weighted by Gasteiger charge is -2.09. The van der Waals surface area contributed by atoms with Crippen LogP contribution in [-0.4, -0.2) is 20.9 Å². The van der Waals surface area contributed by atoms with Crippen molar-refractivity contribution in [2.24, 2.45) is 5.73 Å². The molecule has 3 aromatic heterocycles. The zero-order valence-electron chi connectivity index (χ0n) is 13.7. The Morgan fingerprint density at radius 3 is 2.84 bits per heavy atom. The van der Waals surface area contributed by atoms with Crippen LogP contribution in [0.4, 0.5) is 0 Å². The van der Waals surface area contributed by atoms with E-state index >= 15 is 0 Å². The van der Waals surface area contributed by atoms with E-state index in [4.69, 9.17) is 5.73 Å². The smallest absolute Gasteiger partial charge is 0.241 e. The summed E-state index contributed by atoms with van der Waals surface area (Å²) in [4.78, 5) is 23.1. The fourth-order valence-electron chi connectivity index (χ4n) is 3.05. The number of nitrogens with two attached hydrogens (primary N) is 1. The Labute approximate surface area is 144 Å². The van der Waals surface area contributed by atoms with Gasteiger partial charge in [-0.25, -0.2) is 4.98 Å². The third-order valence-electron chi connectivity index (χ3n) is 4.35. The van der Waals surface area contributed by atoms with Crippen molar-refractivity contribution in [1.29, 1.82) is 0 Å². The number of fused-ring (bicyclic) bond motifs is 2. The van der Waals surface area contributed by atoms with Gasteiger partial charge in [0.2, 0.25) is 5.91 Å². The number of hydrogen-bond acceptors (Lipinski definition) is 3. The topological polar surface area (TPSA) is 84.7 Å². The van der Waals surface area contributed by atoms with Crippen LogP contribution in [0.2, 0.25) is 0 Å². The largest absolute Gasteiger partial charge is 0.366 e. The third-order valence-corrected chi connectivity index (χ3v) is 4.35. The number of amides is 1. The molecule has 0 aliphatic carbocycles. The molecule has 0 fully saturated rings. The molecule has 122 valence electrons. The lowest BCUT2D eigenvalue weighted by atomic mass is 9.99. The molecule has 0 atom stereocenters. The lowest BCUT2D eigenvalue weighted by Crippen LogP contribution is -2.04. The van der Waals surface area contributed by atoms with E-state index in [1.807, 2.05) is 36.8 Å². The maximum absolute atomic E-state index is 11.0. The van der Waals surface area contributed by atoms with Gasteiger partial charge in [0.15, 0.2) is 0 Å². The monoisotopic (exact) mass is 328 g/mol. The molecular weight excluding hydrogens is 312 g/mol. The van der Waals surface area contributed by atoms with Gasteiger partial charge in [-0.15, -0.1) is 0 Å². The normalized spacial score (nSPS) is 11.6. The van der Waals surface area contributed by atoms with Crippen LogP contribution in [0.1, 0.15) is 11.1 Å². The second-order valence-electron chi connectivity index (χ2n) is 5.91. The highest BCUT2D eigenvalue weighted by Gasteiger charge is 2.10. The molecule has 5 nitrogen and oxygen atoms in total. The van der Waals surface area contributed by atoms with Crippen LogP contribution in [-0.2, 0) is 4.79 Å². The number of nitrogens with one attached hydrogen (secondary N) is 1. The molecule has 0 unspecified atom stereocenters. The minimum atomic E-state index is -0.479. The quantitative estimate of drug-likeness (QED) is 0.564. The van der Waals surface area contributed by atoms with Gasteiger partial charge >= 0.3 is 0 Å². The summed E-state index contributed by atoms with van der Waals surface area (Å²) in [7, 11) is 0. The van der Waals surface area contributed by atoms with Crippen LogP contribution in [0.5, 0.6) is 0 Å². The van der Waals surface area contributed by atoms with Crippen molar-refractivity contribution in [2.45, 2.75) is 6.92 Å². The second kappa shape index (κ2) is 5.87. The Balaban J connectivity index is 1.88. The molecule has 0 saturated carbocycles. The van der Waals surface area contributed by atoms with Crippen LogP contribution in [0, 0.1) is 6.92 Å². The summed E-state index contributed by atoms with van der Waals surface area (Å²) in [5.41, 5.74) is 11.0. The van der Waals surface area contributed by atoms with Crippen molar-refractivity contribution in [3.63, 3.8) is 0 Å². The first-order valence-electron chi connectivity index (χ1n) is 7.93. The molecule has 0 aliphatic heterocycles. The summed E-state index contributed by atoms with van der Waals surface area (Å²) in [5.74, 6) is -0.479. The van der Waals surface area contributed by atoms with Gasteiger partial charge in [0.1, 0.15) is 5.65 Å². The number of carbonyl (C=O) groups is 1. The molecule has 5 heteroatoms. The number of primary amides is 1. The number of para-hydroxylation sites is 1. The molecule has 0 aliphatic rings. The average Bonchev–Trinajstić information content (AvgIpc) is 3.03. The predicted octanol–water partition coefficient (Wildman–Crippen LogP) is 3.59. The van der Waals surface area contributed by atoms with Gasteiger partial charge in [-0.05, 0) is 30.7 Å². The van der Waals surface area contributed by atoms with E-state index in [1.54, 1.807) is 6.08 Å². The highest BCUT2D eigenvalue weighted by atomic mass is 16.1. The number of carbonyl (C=O) groups excluding carboxylic acids is 1. The van der Waals surface area contributed by atoms with E-state index in [0.29, 0.717) is 0 Å². The lowest BCUT2D eigenvalue weighted by molar-refractivity contribution is -0.113. The first-order chi connectivity index (χ1) is 12.1. The van der Waals surface area contributed by atoms with E-state index in [0.717, 1.165) is 44.2 Å². The third kappa shape index (κ3) is 2.65. The molecule has 0 radical (unpaired) electrons. The number of aromatic nitrogens is 3. The van der Waals surface area contributed by atoms with E-state index in [-0.39, 0.29) is 0 Å². The molecule has 4 rings (SSSR count). The van der Waals surface area contributed by atoms with E-state index in [1.165, 1.54) is 6.08 Å². The number of pyridine rings is 2. The van der Waals surface area contributed by atoms with Crippen molar-refractivity contribution in [3.8, 4) is 11.1 Å². The molecular formula is C20H16N4O. The molecule has 3 heterocycles. The number of H-pyrrole nitrogens is 1. The fraction of sp³-hybridized carbons (Fsp3) is 0.0500. The summed E-state index contributed by atoms with van der Waals surface area (Å²) >= 11 is 0. The van der Waals surface area contributed by atoms with Crippen LogP contribution in [0.25, 0.3) is 39.1 Å². The van der Waals surface area contributed by atoms with Crippen molar-refractivity contribution < 1.29 is 4.79 Å². The van der Waals surface area contributed by atoms with Crippen LogP contribution >= 0.6 is 0 Å². The minimum absolute atomic E-state index is 0.479. The first kappa shape index (κ1) is 15.1. The summed E-state index contributed by atoms with van der Waals surface area (Å²) in [6.45, 7) is 2.09. The number of benzene rings is 1. The number of aryl methyl sites for hydroxylation is 1. The van der Waals surface area contributed by atoms with E-state index in [2.05, 4.69) is 34.0 Å². The van der Waals surface area contributed by atoms with Crippen molar-refractivity contribution in [2.75, 3.05) is 0 Å². The first-order valence-corrected chi connectivity index (χ1v) is 7.93. The van der Waals surface area contributed by atoms with Gasteiger partial charge in [-0.3, -0.25) is 9.78 Å². The van der Waals surface area contributed by atoms with Gasteiger partial charge in [0.05, 0.1) is 5.52 Å². The fourth-order valence-corrected chi connectivity index (χ4v) is 3.05. The number of nitrogens with zero attached hydrogens (tertiary/aromatic N) is 2. The highest BCUT2D eigenvalue weighted by molar-refractivity contribution is 5.96. The average molecular weight is 328 g/mol. The molecule has 4 aromatic rings. The van der Waals surface area contributed by atoms with Gasteiger partial charge in [0, 0.05) is 52.1 Å². The minimum Gasteiger partial charge on any atom is -0.366 e. The van der Waals surface area contributed by atoms with Crippen LogP contribution < -0.4 is 5.73 Å². The van der Waals surface area contributed by atoms with Gasteiger partial charge in [-0.2, -0.15) is 0 Å². The van der Waals surface area contributed by atoms with Crippen molar-refractivity contribution in [1.82, 2.24) is 15.0 Å². The maximum Gasteiger partial charge on any atom is 0.241 e. The zero-order chi connectivity index (χ0) is 17.4. The molecule has 25 heavy (non-hydrogen) atoms. The van der Waals surface area contributed by atoms with Crippen LogP contribution in [0.3, 0.4) is 0 Å². The molecule has 3 N–H and O–H groups in total. The Bertz CT molecular complexity index is 1140. The van der Waals surface area contributed by atoms with Crippen molar-refractivity contribution in [3.05, 3.63) is 66.1 Å². The predicted molar refractivity (Wildman–Crippen MR) is 99.8 cm³/mol. The zero-order valence-corrected chi connectivity index (χ0v) is 13.7. The second-order valence-corrected chi connectivity index (χ2v) is 5.91. The van der Waals surface area contributed by atoms with E-state index < -0.39 is 5.91 Å². The van der Waals surface area contributed by atoms with Gasteiger partial charge < -0.3 is 10.7 Å². The molecule has 0 bridgehead atoms. The number of hydrogen-bond donors (Lipinski definition) is 2. The Morgan fingerprint density at radius 1 is 1.16 bits per heavy atom. The van der Waals surface area contributed by atoms with Gasteiger partial charge in [-0.1, -0.05) is 18.2 Å². The summed E-state index contributed by atoms with van der Waals surface area (Å²) < 4.78 is 0. The van der Waals surface area contributed by atoms with E-state index in [9.17, 15) is 4.79 Å². The summed E-state index contributed by atoms with van der Waals surface area (Å²) in [6.07, 6.45) is 8.56. The summed E-state index contributed by atoms with van der Waals surface area (Å²) in [6, 6.07) is 10.1. The van der Waals surface area contributed by atoms with Crippen molar-refractivity contribution >= 4 is 33.9 Å². The van der Waals surface area contributed by atoms with Gasteiger partial charge in [0.25, 0.3) is 0 Å². The Hall–Kier alpha value is -3.47. The molecule has 0 saturated heterocycles. The maximum atomic E-state index is 11.0. The Morgan fingerprint density at radius 2 is 2.00 bits per heavy atom. The number of aromatic amines is 1. The molecule has 0 spiro atoms. The Kier molecular flexibility index (Phi) is 3.54. The highest BCUT2D eigenvalue weighted by Crippen LogP contribution is 2.30. The number of rotatable bonds is 3. The molecule has 1 amide bonds. The molecule has 1 aromatic carbocycles. The SMILES string of the molecule is Cc1c(-c2cnc3[nH]cc(C=CC(N)=O)c3c2)cnc2ccccc12. The summed E-state index contributed by atoms with van der Waals surface area (Å²) in [5, 5.41) is 2.06. The standard InChI is InChI=1S/C20H16N4O/c1-12-15-4-2-3-5-18(15)22-11-17(12)14-8-16-13(6-7-19(21)25)9-23-20(16)24-10-14/h2-11H,1H3,(H2,21,25)(H,23,24).